The van der Waals surface area contributed by atoms with Gasteiger partial charge in [-0.3, -0.25) is 4.79 Å². The van der Waals surface area contributed by atoms with Crippen LogP contribution in [-0.2, 0) is 92.9 Å². The van der Waals surface area contributed by atoms with Gasteiger partial charge in [-0.25, -0.2) is 4.79 Å². The SMILES string of the molecule is C=CCO[C@@H]1[C@@H](O[C@H](C(=O)OCC)c2ccccc2)[C@@H](O[C@H]2[C@H](OCc3ccccc3)[C@@H](OCc3ccccc3)[C@@H](OC)O[C@@H]2COCc2ccccc2)O[C@H](COC(C)=O)[C@H]1OCc1ccccc1. The molecule has 0 radical (unpaired) electrons. The number of benzene rings is 5. The summed E-state index contributed by atoms with van der Waals surface area (Å²) in [5.41, 5.74) is 4.14. The number of hydrogen-bond acceptors (Lipinski definition) is 14. The van der Waals surface area contributed by atoms with E-state index in [1.165, 1.54) is 6.92 Å². The highest BCUT2D eigenvalue weighted by atomic mass is 16.8. The minimum absolute atomic E-state index is 0.0137. The van der Waals surface area contributed by atoms with Gasteiger partial charge in [0.1, 0.15) is 55.4 Å². The van der Waals surface area contributed by atoms with Crippen molar-refractivity contribution in [3.05, 3.63) is 192 Å². The maximum absolute atomic E-state index is 14.1. The van der Waals surface area contributed by atoms with Gasteiger partial charge in [-0.2, -0.15) is 0 Å². The fraction of sp³-hybridized carbons (Fsp3) is 0.393. The van der Waals surface area contributed by atoms with Gasteiger partial charge in [-0.1, -0.05) is 158 Å². The van der Waals surface area contributed by atoms with Crippen molar-refractivity contribution >= 4 is 11.9 Å². The third kappa shape index (κ3) is 15.0. The van der Waals surface area contributed by atoms with Crippen LogP contribution in [0.4, 0.5) is 0 Å². The van der Waals surface area contributed by atoms with E-state index in [-0.39, 0.29) is 52.9 Å². The average Bonchev–Trinajstić information content (AvgIpc) is 3.39. The van der Waals surface area contributed by atoms with Gasteiger partial charge in [-0.05, 0) is 34.7 Å². The van der Waals surface area contributed by atoms with Crippen LogP contribution < -0.4 is 0 Å². The predicted octanol–water partition coefficient (Wildman–Crippen LogP) is 8.26. The Morgan fingerprint density at radius 1 is 0.557 bits per heavy atom. The van der Waals surface area contributed by atoms with Gasteiger partial charge in [0.05, 0.1) is 46.2 Å². The Morgan fingerprint density at radius 2 is 1.03 bits per heavy atom. The number of esters is 2. The summed E-state index contributed by atoms with van der Waals surface area (Å²) in [4.78, 5) is 26.6. The first-order valence-electron chi connectivity index (χ1n) is 23.7. The Balaban J connectivity index is 1.33. The Kier molecular flexibility index (Phi) is 20.7. The second kappa shape index (κ2) is 27.7. The summed E-state index contributed by atoms with van der Waals surface area (Å²) in [7, 11) is 1.55. The van der Waals surface area contributed by atoms with Crippen LogP contribution in [0.25, 0.3) is 0 Å². The van der Waals surface area contributed by atoms with Gasteiger partial charge >= 0.3 is 11.9 Å². The van der Waals surface area contributed by atoms with Crippen LogP contribution in [0.3, 0.4) is 0 Å². The van der Waals surface area contributed by atoms with Crippen molar-refractivity contribution in [1.29, 1.82) is 0 Å². The number of carbonyl (C=O) groups excluding carboxylic acids is 2. The van der Waals surface area contributed by atoms with Crippen LogP contribution in [0.5, 0.6) is 0 Å². The van der Waals surface area contributed by atoms with Crippen molar-refractivity contribution < 1.29 is 66.4 Å². The molecule has 0 spiro atoms. The van der Waals surface area contributed by atoms with Gasteiger partial charge in [-0.15, -0.1) is 6.58 Å². The number of methoxy groups -OCH3 is 1. The van der Waals surface area contributed by atoms with E-state index in [2.05, 4.69) is 6.58 Å². The lowest BCUT2D eigenvalue weighted by Crippen LogP contribution is -2.66. The molecule has 14 heteroatoms. The van der Waals surface area contributed by atoms with E-state index >= 15 is 0 Å². The molecule has 2 saturated heterocycles. The molecule has 70 heavy (non-hydrogen) atoms. The largest absolute Gasteiger partial charge is 0.464 e. The molecule has 0 unspecified atom stereocenters. The van der Waals surface area contributed by atoms with Crippen LogP contribution in [0.2, 0.25) is 0 Å². The quantitative estimate of drug-likeness (QED) is 0.0387. The van der Waals surface area contributed by atoms with E-state index in [9.17, 15) is 9.59 Å². The molecule has 5 aromatic carbocycles. The molecular weight excluding hydrogens is 897 g/mol. The maximum atomic E-state index is 14.1. The van der Waals surface area contributed by atoms with Crippen molar-refractivity contribution in [3.8, 4) is 0 Å². The van der Waals surface area contributed by atoms with Gasteiger partial charge in [0.15, 0.2) is 18.7 Å². The summed E-state index contributed by atoms with van der Waals surface area (Å²) < 4.78 is 78.8. The fourth-order valence-electron chi connectivity index (χ4n) is 8.36. The van der Waals surface area contributed by atoms with E-state index < -0.39 is 79.5 Å². The Labute approximate surface area is 410 Å². The van der Waals surface area contributed by atoms with Gasteiger partial charge < -0.3 is 56.8 Å². The Bertz CT molecular complexity index is 2270. The highest BCUT2D eigenvalue weighted by Crippen LogP contribution is 2.38. The van der Waals surface area contributed by atoms with Crippen molar-refractivity contribution in [1.82, 2.24) is 0 Å². The number of hydrogen-bond donors (Lipinski definition) is 0. The lowest BCUT2D eigenvalue weighted by molar-refractivity contribution is -0.376. The molecule has 2 aliphatic rings. The number of ether oxygens (including phenoxy) is 12. The highest BCUT2D eigenvalue weighted by molar-refractivity contribution is 5.76. The standard InChI is InChI=1S/C56H64O14/c1-5-32-62-50-48(64-34-41-24-14-8-15-25-41)46(38-63-39(3)57)68-56(53(50)69-47(54(58)61-6-2)44-30-20-11-21-31-44)70-49-45(37-60-33-40-22-12-7-13-23-40)67-55(59-4)52(66-36-43-28-18-10-19-29-43)51(49)65-35-42-26-16-9-17-27-42/h5,7-31,45-53,55-56H,1,6,32-38H2,2-4H3/t45-,46-,47+,48-,49-,50+,51+,52-,53-,55+,56-/m1/s1. The Morgan fingerprint density at radius 3 is 1.54 bits per heavy atom. The van der Waals surface area contributed by atoms with E-state index in [1.807, 2.05) is 127 Å². The molecule has 0 N–H and O–H groups in total. The van der Waals surface area contributed by atoms with Gasteiger partial charge in [0, 0.05) is 14.0 Å². The molecule has 2 fully saturated rings. The van der Waals surface area contributed by atoms with Gasteiger partial charge in [0.25, 0.3) is 0 Å². The molecule has 5 aromatic rings. The van der Waals surface area contributed by atoms with Crippen molar-refractivity contribution in [3.63, 3.8) is 0 Å². The van der Waals surface area contributed by atoms with Crippen molar-refractivity contribution in [2.75, 3.05) is 33.5 Å². The summed E-state index contributed by atoms with van der Waals surface area (Å²) in [5, 5.41) is 0. The van der Waals surface area contributed by atoms with Crippen LogP contribution >= 0.6 is 0 Å². The minimum atomic E-state index is -1.39. The smallest absolute Gasteiger partial charge is 0.339 e. The summed E-state index contributed by atoms with van der Waals surface area (Å²) >= 11 is 0. The molecule has 2 aliphatic heterocycles. The molecule has 14 nitrogen and oxygen atoms in total. The van der Waals surface area contributed by atoms with Crippen molar-refractivity contribution in [2.24, 2.45) is 0 Å². The monoisotopic (exact) mass is 960 g/mol. The zero-order chi connectivity index (χ0) is 48.9. The van der Waals surface area contributed by atoms with E-state index in [0.29, 0.717) is 5.56 Å². The molecule has 0 aromatic heterocycles. The number of carbonyl (C=O) groups is 2. The first kappa shape index (κ1) is 52.2. The van der Waals surface area contributed by atoms with E-state index in [1.54, 1.807) is 44.4 Å². The van der Waals surface area contributed by atoms with Crippen LogP contribution in [0, 0.1) is 0 Å². The fourth-order valence-corrected chi connectivity index (χ4v) is 8.36. The predicted molar refractivity (Wildman–Crippen MR) is 258 cm³/mol. The molecule has 0 bridgehead atoms. The zero-order valence-electron chi connectivity index (χ0n) is 39.9. The number of rotatable bonds is 26. The second-order valence-electron chi connectivity index (χ2n) is 16.7. The van der Waals surface area contributed by atoms with Crippen LogP contribution in [0.15, 0.2) is 164 Å². The van der Waals surface area contributed by atoms with E-state index in [0.717, 1.165) is 22.3 Å². The topological polar surface area (TPSA) is 145 Å². The minimum Gasteiger partial charge on any atom is -0.464 e. The molecule has 2 heterocycles. The lowest BCUT2D eigenvalue weighted by Gasteiger charge is -2.50. The molecule has 372 valence electrons. The highest BCUT2D eigenvalue weighted by Gasteiger charge is 2.55. The first-order chi connectivity index (χ1) is 34.3. The summed E-state index contributed by atoms with van der Waals surface area (Å²) in [6, 6.07) is 47.8. The summed E-state index contributed by atoms with van der Waals surface area (Å²) in [6.45, 7) is 7.60. The summed E-state index contributed by atoms with van der Waals surface area (Å²) in [6.07, 6.45) is -9.99. The van der Waals surface area contributed by atoms with E-state index in [4.69, 9.17) is 56.8 Å². The molecule has 11 atom stereocenters. The third-order valence-electron chi connectivity index (χ3n) is 11.7. The van der Waals surface area contributed by atoms with Crippen LogP contribution in [0.1, 0.15) is 47.8 Å². The summed E-state index contributed by atoms with van der Waals surface area (Å²) in [5.74, 6) is -1.18. The molecular formula is C56H64O14. The van der Waals surface area contributed by atoms with Gasteiger partial charge in [0.2, 0.25) is 0 Å². The molecule has 7 rings (SSSR count). The zero-order valence-corrected chi connectivity index (χ0v) is 39.9. The molecule has 0 saturated carbocycles. The average molecular weight is 961 g/mol. The second-order valence-corrected chi connectivity index (χ2v) is 16.7. The third-order valence-corrected chi connectivity index (χ3v) is 11.7. The lowest BCUT2D eigenvalue weighted by atomic mass is 9.95. The Hall–Kier alpha value is -5.62. The normalized spacial score (nSPS) is 24.8. The maximum Gasteiger partial charge on any atom is 0.339 e. The molecule has 0 aliphatic carbocycles. The molecule has 0 amide bonds. The van der Waals surface area contributed by atoms with Crippen molar-refractivity contribution in [2.45, 2.75) is 108 Å². The van der Waals surface area contributed by atoms with Crippen LogP contribution in [-0.4, -0.2) is 107 Å². The first-order valence-corrected chi connectivity index (χ1v) is 23.7.